The van der Waals surface area contributed by atoms with Crippen LogP contribution in [0.15, 0.2) is 59.5 Å². The molecule has 0 heterocycles. The van der Waals surface area contributed by atoms with Gasteiger partial charge in [0.2, 0.25) is 0 Å². The van der Waals surface area contributed by atoms with Crippen molar-refractivity contribution in [1.29, 1.82) is 0 Å². The molecule has 0 aliphatic carbocycles. The molecule has 0 aliphatic heterocycles. The molecule has 0 amide bonds. The summed E-state index contributed by atoms with van der Waals surface area (Å²) >= 11 is 0. The number of carbonyl (C=O) groups is 1. The number of sulfone groups is 1. The first-order chi connectivity index (χ1) is 11.8. The Kier molecular flexibility index (Phi) is 4.22. The molecule has 0 unspecified atom stereocenters. The predicted octanol–water partition coefficient (Wildman–Crippen LogP) is 3.70. The maximum Gasteiger partial charge on any atom is 0.339 e. The zero-order valence-corrected chi connectivity index (χ0v) is 14.2. The molecule has 3 aromatic rings. The molecule has 2 N–H and O–H groups in total. The Balaban J connectivity index is 2.25. The summed E-state index contributed by atoms with van der Waals surface area (Å²) < 4.78 is 23.9. The van der Waals surface area contributed by atoms with Gasteiger partial charge in [0.15, 0.2) is 9.84 Å². The Hall–Kier alpha value is -2.86. The van der Waals surface area contributed by atoms with Gasteiger partial charge in [-0.3, -0.25) is 0 Å². The van der Waals surface area contributed by atoms with E-state index >= 15 is 0 Å². The molecule has 128 valence electrons. The van der Waals surface area contributed by atoms with Crippen molar-refractivity contribution in [3.8, 4) is 16.9 Å². The third-order valence-corrected chi connectivity index (χ3v) is 5.90. The van der Waals surface area contributed by atoms with Crippen LogP contribution in [0.1, 0.15) is 17.3 Å². The molecular formula is C19H16O5S. The summed E-state index contributed by atoms with van der Waals surface area (Å²) in [5.41, 5.74) is 1.10. The lowest BCUT2D eigenvalue weighted by molar-refractivity contribution is 0.0694. The summed E-state index contributed by atoms with van der Waals surface area (Å²) in [6.07, 6.45) is 0. The zero-order valence-electron chi connectivity index (χ0n) is 13.4. The Bertz CT molecular complexity index is 1070. The van der Waals surface area contributed by atoms with Crippen LogP contribution in [0.3, 0.4) is 0 Å². The second-order valence-electron chi connectivity index (χ2n) is 5.60. The predicted molar refractivity (Wildman–Crippen MR) is 95.7 cm³/mol. The first-order valence-corrected chi connectivity index (χ1v) is 9.31. The minimum atomic E-state index is -3.30. The highest BCUT2D eigenvalue weighted by molar-refractivity contribution is 7.91. The van der Waals surface area contributed by atoms with Crippen LogP contribution in [0.5, 0.6) is 5.75 Å². The smallest absolute Gasteiger partial charge is 0.339 e. The highest BCUT2D eigenvalue weighted by Crippen LogP contribution is 2.37. The SMILES string of the molecule is CCS(=O)(=O)c1ccc(-c2cc(C(=O)O)c(O)c3ccccc23)cc1. The second-order valence-corrected chi connectivity index (χ2v) is 7.88. The number of carboxylic acids is 1. The third-order valence-electron chi connectivity index (χ3n) is 4.15. The van der Waals surface area contributed by atoms with E-state index in [2.05, 4.69) is 0 Å². The first-order valence-electron chi connectivity index (χ1n) is 7.66. The fraction of sp³-hybridized carbons (Fsp3) is 0.105. The van der Waals surface area contributed by atoms with E-state index in [0.29, 0.717) is 21.9 Å². The van der Waals surface area contributed by atoms with Crippen LogP contribution in [0.2, 0.25) is 0 Å². The molecule has 5 nitrogen and oxygen atoms in total. The summed E-state index contributed by atoms with van der Waals surface area (Å²) in [7, 11) is -3.30. The minimum absolute atomic E-state index is 0.0116. The van der Waals surface area contributed by atoms with E-state index < -0.39 is 15.8 Å². The normalized spacial score (nSPS) is 11.6. The number of rotatable bonds is 4. The number of aromatic hydroxyl groups is 1. The minimum Gasteiger partial charge on any atom is -0.506 e. The molecule has 0 saturated heterocycles. The van der Waals surface area contributed by atoms with Crippen LogP contribution in [-0.2, 0) is 9.84 Å². The van der Waals surface area contributed by atoms with Crippen molar-refractivity contribution in [2.75, 3.05) is 5.75 Å². The fourth-order valence-electron chi connectivity index (χ4n) is 2.77. The molecule has 3 rings (SSSR count). The number of hydrogen-bond acceptors (Lipinski definition) is 4. The number of aromatic carboxylic acids is 1. The monoisotopic (exact) mass is 356 g/mol. The Morgan fingerprint density at radius 3 is 2.16 bits per heavy atom. The maximum atomic E-state index is 11.9. The van der Waals surface area contributed by atoms with Gasteiger partial charge in [-0.25, -0.2) is 13.2 Å². The van der Waals surface area contributed by atoms with Crippen molar-refractivity contribution in [1.82, 2.24) is 0 Å². The van der Waals surface area contributed by atoms with Gasteiger partial charge in [0.05, 0.1) is 10.6 Å². The summed E-state index contributed by atoms with van der Waals surface area (Å²) in [5, 5.41) is 20.7. The lowest BCUT2D eigenvalue weighted by Gasteiger charge is -2.12. The van der Waals surface area contributed by atoms with E-state index in [-0.39, 0.29) is 22.0 Å². The van der Waals surface area contributed by atoms with Gasteiger partial charge in [0.1, 0.15) is 11.3 Å². The van der Waals surface area contributed by atoms with Crippen molar-refractivity contribution >= 4 is 26.6 Å². The van der Waals surface area contributed by atoms with Crippen molar-refractivity contribution in [3.05, 3.63) is 60.2 Å². The van der Waals surface area contributed by atoms with E-state index in [4.69, 9.17) is 0 Å². The van der Waals surface area contributed by atoms with Crippen LogP contribution < -0.4 is 0 Å². The van der Waals surface area contributed by atoms with Crippen molar-refractivity contribution in [3.63, 3.8) is 0 Å². The largest absolute Gasteiger partial charge is 0.506 e. The summed E-state index contributed by atoms with van der Waals surface area (Å²) in [6, 6.07) is 14.7. The number of phenols is 1. The van der Waals surface area contributed by atoms with Gasteiger partial charge < -0.3 is 10.2 Å². The Morgan fingerprint density at radius 1 is 1.00 bits per heavy atom. The zero-order chi connectivity index (χ0) is 18.2. The molecule has 0 fully saturated rings. The van der Waals surface area contributed by atoms with E-state index in [1.165, 1.54) is 18.2 Å². The van der Waals surface area contributed by atoms with Crippen LogP contribution in [0.4, 0.5) is 0 Å². The topological polar surface area (TPSA) is 91.7 Å². The van der Waals surface area contributed by atoms with Gasteiger partial charge in [-0.15, -0.1) is 0 Å². The molecule has 6 heteroatoms. The van der Waals surface area contributed by atoms with Crippen LogP contribution in [0, 0.1) is 0 Å². The molecule has 25 heavy (non-hydrogen) atoms. The highest BCUT2D eigenvalue weighted by atomic mass is 32.2. The summed E-state index contributed by atoms with van der Waals surface area (Å²) in [4.78, 5) is 11.7. The highest BCUT2D eigenvalue weighted by Gasteiger charge is 2.18. The van der Waals surface area contributed by atoms with E-state index in [1.807, 2.05) is 0 Å². The van der Waals surface area contributed by atoms with Gasteiger partial charge in [0.25, 0.3) is 0 Å². The van der Waals surface area contributed by atoms with Crippen LogP contribution in [-0.4, -0.2) is 30.4 Å². The first kappa shape index (κ1) is 17.0. The van der Waals surface area contributed by atoms with Crippen molar-refractivity contribution < 1.29 is 23.4 Å². The van der Waals surface area contributed by atoms with Gasteiger partial charge in [-0.2, -0.15) is 0 Å². The molecule has 0 saturated carbocycles. The quantitative estimate of drug-likeness (QED) is 0.743. The summed E-state index contributed by atoms with van der Waals surface area (Å²) in [5.74, 6) is -1.50. The van der Waals surface area contributed by atoms with Crippen LogP contribution >= 0.6 is 0 Å². The lowest BCUT2D eigenvalue weighted by atomic mass is 9.94. The number of carboxylic acid groups (broad SMARTS) is 1. The summed E-state index contributed by atoms with van der Waals surface area (Å²) in [6.45, 7) is 1.58. The third kappa shape index (κ3) is 2.96. The molecule has 3 aromatic carbocycles. The van der Waals surface area contributed by atoms with Gasteiger partial charge in [0, 0.05) is 5.39 Å². The molecule has 0 atom stereocenters. The average molecular weight is 356 g/mol. The fourth-order valence-corrected chi connectivity index (χ4v) is 3.65. The second kappa shape index (κ2) is 6.22. The standard InChI is InChI=1S/C19H16O5S/c1-2-25(23,24)13-9-7-12(8-10-13)16-11-17(19(21)22)18(20)15-6-4-3-5-14(15)16/h3-11,20H,2H2,1H3,(H,21,22). The molecular weight excluding hydrogens is 340 g/mol. The Labute approximate surface area is 145 Å². The van der Waals surface area contributed by atoms with Crippen molar-refractivity contribution in [2.45, 2.75) is 11.8 Å². The Morgan fingerprint density at radius 2 is 1.60 bits per heavy atom. The van der Waals surface area contributed by atoms with E-state index in [1.54, 1.807) is 43.3 Å². The van der Waals surface area contributed by atoms with E-state index in [0.717, 1.165) is 0 Å². The lowest BCUT2D eigenvalue weighted by Crippen LogP contribution is -2.03. The molecule has 0 aromatic heterocycles. The maximum absolute atomic E-state index is 11.9. The number of hydrogen-bond donors (Lipinski definition) is 2. The van der Waals surface area contributed by atoms with Gasteiger partial charge in [-0.05, 0) is 34.7 Å². The van der Waals surface area contributed by atoms with Gasteiger partial charge in [-0.1, -0.05) is 43.3 Å². The van der Waals surface area contributed by atoms with Crippen molar-refractivity contribution in [2.24, 2.45) is 0 Å². The average Bonchev–Trinajstić information content (AvgIpc) is 2.62. The number of benzene rings is 3. The molecule has 0 radical (unpaired) electrons. The van der Waals surface area contributed by atoms with Crippen LogP contribution in [0.25, 0.3) is 21.9 Å². The molecule has 0 spiro atoms. The molecule has 0 aliphatic rings. The molecule has 0 bridgehead atoms. The van der Waals surface area contributed by atoms with Gasteiger partial charge >= 0.3 is 5.97 Å². The van der Waals surface area contributed by atoms with E-state index in [9.17, 15) is 23.4 Å². The number of fused-ring (bicyclic) bond motifs is 1.